The Morgan fingerprint density at radius 3 is 2.44 bits per heavy atom. The molecular formula is C22H28N2O. The van der Waals surface area contributed by atoms with Crippen molar-refractivity contribution in [2.75, 3.05) is 33.2 Å². The van der Waals surface area contributed by atoms with Gasteiger partial charge in [0.15, 0.2) is 0 Å². The molecule has 5 unspecified atom stereocenters. The molecule has 1 aromatic carbocycles. The third-order valence-electron chi connectivity index (χ3n) is 8.99. The van der Waals surface area contributed by atoms with Gasteiger partial charge in [0.2, 0.25) is 5.91 Å². The first-order chi connectivity index (χ1) is 12.1. The lowest BCUT2D eigenvalue weighted by Crippen LogP contribution is -2.69. The fourth-order valence-corrected chi connectivity index (χ4v) is 8.07. The maximum atomic E-state index is 13.6. The van der Waals surface area contributed by atoms with Gasteiger partial charge in [-0.25, -0.2) is 0 Å². The number of hydrogen-bond acceptors (Lipinski definition) is 2. The van der Waals surface area contributed by atoms with Crippen LogP contribution >= 0.6 is 0 Å². The molecule has 0 radical (unpaired) electrons. The van der Waals surface area contributed by atoms with Crippen LogP contribution in [0.3, 0.4) is 0 Å². The van der Waals surface area contributed by atoms with E-state index in [4.69, 9.17) is 0 Å². The summed E-state index contributed by atoms with van der Waals surface area (Å²) in [6.07, 6.45) is 6.23. The SMILES string of the molecule is CN1CCN(C(=O)C23CC4CC5CC(c6ccccc6)(C2)C45C3)CC1. The molecule has 132 valence electrons. The van der Waals surface area contributed by atoms with Crippen LogP contribution in [0.15, 0.2) is 30.3 Å². The zero-order valence-electron chi connectivity index (χ0n) is 15.2. The highest BCUT2D eigenvalue weighted by Crippen LogP contribution is 2.89. The molecule has 1 aromatic rings. The molecule has 5 fully saturated rings. The van der Waals surface area contributed by atoms with Crippen molar-refractivity contribution < 1.29 is 4.79 Å². The number of carbonyl (C=O) groups is 1. The first-order valence-electron chi connectivity index (χ1n) is 10.1. The minimum absolute atomic E-state index is 0.0400. The number of rotatable bonds is 2. The quantitative estimate of drug-likeness (QED) is 0.829. The van der Waals surface area contributed by atoms with Crippen molar-refractivity contribution in [2.24, 2.45) is 22.7 Å². The van der Waals surface area contributed by atoms with Crippen LogP contribution in [-0.4, -0.2) is 48.9 Å². The Bertz CT molecular complexity index is 740. The largest absolute Gasteiger partial charge is 0.340 e. The summed E-state index contributed by atoms with van der Waals surface area (Å²) >= 11 is 0. The fraction of sp³-hybridized carbons (Fsp3) is 0.682. The van der Waals surface area contributed by atoms with E-state index < -0.39 is 0 Å². The van der Waals surface area contributed by atoms with Gasteiger partial charge in [-0.1, -0.05) is 30.3 Å². The van der Waals surface area contributed by atoms with E-state index in [1.807, 2.05) is 0 Å². The minimum atomic E-state index is -0.0400. The molecule has 6 rings (SSSR count). The lowest BCUT2D eigenvalue weighted by molar-refractivity contribution is -0.201. The standard InChI is InChI=1S/C22H28N2O/c1-23-7-9-24(10-8-23)19(25)20-12-17-11-18-13-21(14-20,22(17,18)15-20)16-5-3-2-4-6-16/h2-6,17-18H,7-15H2,1H3. The molecule has 0 N–H and O–H groups in total. The summed E-state index contributed by atoms with van der Waals surface area (Å²) in [4.78, 5) is 18.2. The average Bonchev–Trinajstić information content (AvgIpc) is 3.09. The Morgan fingerprint density at radius 1 is 1.00 bits per heavy atom. The Hall–Kier alpha value is -1.35. The molecular weight excluding hydrogens is 308 g/mol. The van der Waals surface area contributed by atoms with Crippen LogP contribution in [0.2, 0.25) is 0 Å². The van der Waals surface area contributed by atoms with Gasteiger partial charge in [-0.2, -0.15) is 0 Å². The predicted molar refractivity (Wildman–Crippen MR) is 97.1 cm³/mol. The number of amides is 1. The van der Waals surface area contributed by atoms with Crippen molar-refractivity contribution in [1.82, 2.24) is 9.80 Å². The van der Waals surface area contributed by atoms with E-state index in [0.717, 1.165) is 44.4 Å². The highest BCUT2D eigenvalue weighted by atomic mass is 16.2. The number of carbonyl (C=O) groups excluding carboxylic acids is 1. The zero-order valence-corrected chi connectivity index (χ0v) is 15.2. The van der Waals surface area contributed by atoms with E-state index in [0.29, 0.717) is 16.7 Å². The molecule has 3 nitrogen and oxygen atoms in total. The molecule has 1 heterocycles. The van der Waals surface area contributed by atoms with Crippen molar-refractivity contribution in [3.63, 3.8) is 0 Å². The third kappa shape index (κ3) is 1.52. The summed E-state index contributed by atoms with van der Waals surface area (Å²) in [5.41, 5.74) is 2.30. The maximum Gasteiger partial charge on any atom is 0.228 e. The van der Waals surface area contributed by atoms with Crippen LogP contribution in [0, 0.1) is 22.7 Å². The molecule has 3 heteroatoms. The molecule has 5 aliphatic rings. The van der Waals surface area contributed by atoms with Crippen LogP contribution in [0.1, 0.15) is 37.7 Å². The van der Waals surface area contributed by atoms with E-state index in [-0.39, 0.29) is 5.41 Å². The van der Waals surface area contributed by atoms with Crippen LogP contribution in [0.4, 0.5) is 0 Å². The topological polar surface area (TPSA) is 23.6 Å². The molecule has 2 bridgehead atoms. The van der Waals surface area contributed by atoms with Crippen LogP contribution in [-0.2, 0) is 10.2 Å². The molecule has 4 aliphatic carbocycles. The van der Waals surface area contributed by atoms with Gasteiger partial charge in [0.25, 0.3) is 0 Å². The first kappa shape index (κ1) is 14.8. The van der Waals surface area contributed by atoms with Crippen molar-refractivity contribution in [2.45, 2.75) is 37.5 Å². The van der Waals surface area contributed by atoms with E-state index in [2.05, 4.69) is 47.2 Å². The van der Waals surface area contributed by atoms with E-state index >= 15 is 0 Å². The van der Waals surface area contributed by atoms with Crippen molar-refractivity contribution >= 4 is 5.91 Å². The van der Waals surface area contributed by atoms with E-state index in [9.17, 15) is 4.79 Å². The van der Waals surface area contributed by atoms with Crippen molar-refractivity contribution in [3.05, 3.63) is 35.9 Å². The second-order valence-corrected chi connectivity index (χ2v) is 9.76. The number of hydrogen-bond donors (Lipinski definition) is 0. The molecule has 25 heavy (non-hydrogen) atoms. The summed E-state index contributed by atoms with van der Waals surface area (Å²) in [5.74, 6) is 2.23. The van der Waals surface area contributed by atoms with E-state index in [1.54, 1.807) is 0 Å². The number of benzene rings is 1. The second kappa shape index (κ2) is 4.49. The van der Waals surface area contributed by atoms with Gasteiger partial charge in [0, 0.05) is 31.6 Å². The highest BCUT2D eigenvalue weighted by Gasteiger charge is 2.85. The fourth-order valence-electron chi connectivity index (χ4n) is 8.07. The monoisotopic (exact) mass is 336 g/mol. The second-order valence-electron chi connectivity index (χ2n) is 9.76. The Morgan fingerprint density at radius 2 is 1.72 bits per heavy atom. The summed E-state index contributed by atoms with van der Waals surface area (Å²) in [6.45, 7) is 3.92. The summed E-state index contributed by atoms with van der Waals surface area (Å²) in [5, 5.41) is 0. The van der Waals surface area contributed by atoms with Gasteiger partial charge >= 0.3 is 0 Å². The van der Waals surface area contributed by atoms with Gasteiger partial charge in [0.1, 0.15) is 0 Å². The molecule has 1 aliphatic heterocycles. The molecule has 1 saturated heterocycles. The Labute approximate surface area is 150 Å². The summed E-state index contributed by atoms with van der Waals surface area (Å²) in [6, 6.07) is 11.2. The smallest absolute Gasteiger partial charge is 0.228 e. The molecule has 0 aromatic heterocycles. The molecule has 5 atom stereocenters. The summed E-state index contributed by atoms with van der Waals surface area (Å²) in [7, 11) is 2.17. The maximum absolute atomic E-state index is 13.6. The first-order valence-corrected chi connectivity index (χ1v) is 10.1. The molecule has 1 amide bonds. The minimum Gasteiger partial charge on any atom is -0.340 e. The summed E-state index contributed by atoms with van der Waals surface area (Å²) < 4.78 is 0. The number of piperazine rings is 1. The lowest BCUT2D eigenvalue weighted by Gasteiger charge is -2.73. The van der Waals surface area contributed by atoms with Crippen molar-refractivity contribution in [3.8, 4) is 0 Å². The molecule has 4 saturated carbocycles. The van der Waals surface area contributed by atoms with Gasteiger partial charge < -0.3 is 9.80 Å². The van der Waals surface area contributed by atoms with Crippen LogP contribution in [0.5, 0.6) is 0 Å². The molecule has 1 spiro atoms. The average molecular weight is 336 g/mol. The Kier molecular flexibility index (Phi) is 2.65. The van der Waals surface area contributed by atoms with Gasteiger partial charge in [-0.05, 0) is 62.0 Å². The highest BCUT2D eigenvalue weighted by molar-refractivity contribution is 5.85. The zero-order chi connectivity index (χ0) is 16.9. The Balaban J connectivity index is 1.37. The van der Waals surface area contributed by atoms with Crippen LogP contribution < -0.4 is 0 Å². The predicted octanol–water partition coefficient (Wildman–Crippen LogP) is 2.91. The normalized spacial score (nSPS) is 47.2. The third-order valence-corrected chi connectivity index (χ3v) is 8.99. The van der Waals surface area contributed by atoms with Crippen molar-refractivity contribution in [1.29, 1.82) is 0 Å². The number of nitrogens with zero attached hydrogens (tertiary/aromatic N) is 2. The number of fused-ring (bicyclic) bond motifs is 1. The number of likely N-dealkylation sites (N-methyl/N-ethyl adjacent to an activating group) is 1. The van der Waals surface area contributed by atoms with E-state index in [1.165, 1.54) is 31.2 Å². The van der Waals surface area contributed by atoms with Crippen LogP contribution in [0.25, 0.3) is 0 Å². The van der Waals surface area contributed by atoms with Gasteiger partial charge in [-0.3, -0.25) is 4.79 Å². The lowest BCUT2D eigenvalue weighted by atomic mass is 9.30. The van der Waals surface area contributed by atoms with Gasteiger partial charge in [0.05, 0.1) is 5.41 Å². The van der Waals surface area contributed by atoms with Gasteiger partial charge in [-0.15, -0.1) is 0 Å².